The van der Waals surface area contributed by atoms with Crippen molar-refractivity contribution in [2.75, 3.05) is 6.61 Å². The molecule has 2 aromatic carbocycles. The highest BCUT2D eigenvalue weighted by atomic mass is 16.3. The van der Waals surface area contributed by atoms with Gasteiger partial charge < -0.3 is 10.4 Å². The molecule has 0 heterocycles. The molecular weight excluding hydrogens is 236 g/mol. The average Bonchev–Trinajstić information content (AvgIpc) is 2.49. The van der Waals surface area contributed by atoms with Gasteiger partial charge in [0.1, 0.15) is 0 Å². The molecule has 0 saturated carbocycles. The normalized spacial score (nSPS) is 11.8. The van der Waals surface area contributed by atoms with Gasteiger partial charge in [0.05, 0.1) is 24.3 Å². The van der Waals surface area contributed by atoms with E-state index in [4.69, 9.17) is 5.26 Å². The molecule has 2 N–H and O–H groups in total. The van der Waals surface area contributed by atoms with Crippen molar-refractivity contribution >= 4 is 0 Å². The van der Waals surface area contributed by atoms with E-state index in [1.54, 1.807) is 12.1 Å². The summed E-state index contributed by atoms with van der Waals surface area (Å²) in [5, 5.41) is 21.5. The van der Waals surface area contributed by atoms with Crippen LogP contribution in [0.1, 0.15) is 22.7 Å². The van der Waals surface area contributed by atoms with Gasteiger partial charge in [0.25, 0.3) is 0 Å². The van der Waals surface area contributed by atoms with Gasteiger partial charge in [0.2, 0.25) is 0 Å². The zero-order valence-electron chi connectivity index (χ0n) is 10.6. The van der Waals surface area contributed by atoms with Gasteiger partial charge in [-0.1, -0.05) is 42.5 Å². The lowest BCUT2D eigenvalue weighted by molar-refractivity contribution is 0.243. The zero-order valence-corrected chi connectivity index (χ0v) is 10.6. The minimum absolute atomic E-state index is 0.0558. The van der Waals surface area contributed by atoms with Crippen LogP contribution >= 0.6 is 0 Å². The molecule has 0 fully saturated rings. The molecule has 2 aromatic rings. The smallest absolute Gasteiger partial charge is 0.0991 e. The predicted molar refractivity (Wildman–Crippen MR) is 74.3 cm³/mol. The second-order valence-corrected chi connectivity index (χ2v) is 4.34. The molecule has 1 unspecified atom stereocenters. The monoisotopic (exact) mass is 252 g/mol. The Hall–Kier alpha value is -2.15. The van der Waals surface area contributed by atoms with E-state index in [0.29, 0.717) is 12.1 Å². The van der Waals surface area contributed by atoms with E-state index in [1.165, 1.54) is 0 Å². The van der Waals surface area contributed by atoms with E-state index < -0.39 is 0 Å². The molecule has 0 bridgehead atoms. The molecule has 2 rings (SSSR count). The number of hydrogen-bond donors (Lipinski definition) is 2. The number of benzene rings is 2. The fraction of sp³-hybridized carbons (Fsp3) is 0.188. The number of rotatable bonds is 5. The van der Waals surface area contributed by atoms with Crippen LogP contribution in [0.5, 0.6) is 0 Å². The van der Waals surface area contributed by atoms with Crippen molar-refractivity contribution in [1.82, 2.24) is 5.32 Å². The van der Waals surface area contributed by atoms with Gasteiger partial charge in [0.15, 0.2) is 0 Å². The Kier molecular flexibility index (Phi) is 4.68. The Morgan fingerprint density at radius 2 is 1.74 bits per heavy atom. The maximum absolute atomic E-state index is 9.43. The van der Waals surface area contributed by atoms with E-state index in [2.05, 4.69) is 11.4 Å². The van der Waals surface area contributed by atoms with Gasteiger partial charge in [0, 0.05) is 6.54 Å². The summed E-state index contributed by atoms with van der Waals surface area (Å²) in [7, 11) is 0. The predicted octanol–water partition coefficient (Wildman–Crippen LogP) is 2.38. The Morgan fingerprint density at radius 3 is 2.32 bits per heavy atom. The van der Waals surface area contributed by atoms with Crippen molar-refractivity contribution in [2.24, 2.45) is 0 Å². The average molecular weight is 252 g/mol. The zero-order chi connectivity index (χ0) is 13.5. The number of hydrogen-bond acceptors (Lipinski definition) is 3. The Morgan fingerprint density at radius 1 is 1.05 bits per heavy atom. The Labute approximate surface area is 113 Å². The number of aliphatic hydroxyl groups is 1. The maximum atomic E-state index is 9.43. The van der Waals surface area contributed by atoms with E-state index in [-0.39, 0.29) is 12.6 Å². The molecule has 0 saturated heterocycles. The first-order chi connectivity index (χ1) is 9.33. The van der Waals surface area contributed by atoms with Crippen LogP contribution < -0.4 is 5.32 Å². The van der Waals surface area contributed by atoms with E-state index in [1.807, 2.05) is 42.5 Å². The van der Waals surface area contributed by atoms with Crippen LogP contribution in [0.4, 0.5) is 0 Å². The Balaban J connectivity index is 1.98. The molecule has 0 amide bonds. The summed E-state index contributed by atoms with van der Waals surface area (Å²) in [5.74, 6) is 0. The third kappa shape index (κ3) is 3.65. The number of aliphatic hydroxyl groups excluding tert-OH is 1. The van der Waals surface area contributed by atoms with Crippen LogP contribution in [0, 0.1) is 11.3 Å². The topological polar surface area (TPSA) is 56.0 Å². The summed E-state index contributed by atoms with van der Waals surface area (Å²) in [4.78, 5) is 0. The summed E-state index contributed by atoms with van der Waals surface area (Å²) < 4.78 is 0. The van der Waals surface area contributed by atoms with Gasteiger partial charge in [-0.25, -0.2) is 0 Å². The highest BCUT2D eigenvalue weighted by molar-refractivity contribution is 5.31. The Bertz CT molecular complexity index is 543. The molecular formula is C16H16N2O. The molecule has 3 nitrogen and oxygen atoms in total. The second-order valence-electron chi connectivity index (χ2n) is 4.34. The van der Waals surface area contributed by atoms with Crippen LogP contribution in [0.2, 0.25) is 0 Å². The van der Waals surface area contributed by atoms with Crippen LogP contribution in [0.25, 0.3) is 0 Å². The first-order valence-corrected chi connectivity index (χ1v) is 6.21. The third-order valence-corrected chi connectivity index (χ3v) is 3.02. The fourth-order valence-electron chi connectivity index (χ4n) is 1.91. The van der Waals surface area contributed by atoms with Gasteiger partial charge >= 0.3 is 0 Å². The van der Waals surface area contributed by atoms with Crippen LogP contribution in [-0.4, -0.2) is 11.7 Å². The van der Waals surface area contributed by atoms with Gasteiger partial charge in [-0.15, -0.1) is 0 Å². The summed E-state index contributed by atoms with van der Waals surface area (Å²) >= 11 is 0. The number of nitrogens with one attached hydrogen (secondary N) is 1. The van der Waals surface area contributed by atoms with Gasteiger partial charge in [-0.05, 0) is 23.3 Å². The quantitative estimate of drug-likeness (QED) is 0.859. The lowest BCUT2D eigenvalue weighted by atomic mass is 10.1. The largest absolute Gasteiger partial charge is 0.394 e. The second kappa shape index (κ2) is 6.69. The summed E-state index contributed by atoms with van der Waals surface area (Å²) in [6.45, 7) is 0.714. The molecule has 96 valence electrons. The van der Waals surface area contributed by atoms with Crippen molar-refractivity contribution in [1.29, 1.82) is 5.26 Å². The molecule has 0 aliphatic heterocycles. The minimum atomic E-state index is -0.0724. The van der Waals surface area contributed by atoms with E-state index >= 15 is 0 Å². The fourth-order valence-corrected chi connectivity index (χ4v) is 1.91. The lowest BCUT2D eigenvalue weighted by Gasteiger charge is -2.16. The first-order valence-electron chi connectivity index (χ1n) is 6.21. The molecule has 0 radical (unpaired) electrons. The van der Waals surface area contributed by atoms with Crippen molar-refractivity contribution < 1.29 is 5.11 Å². The molecule has 3 heteroatoms. The maximum Gasteiger partial charge on any atom is 0.0991 e. The molecule has 0 spiro atoms. The van der Waals surface area contributed by atoms with Crippen molar-refractivity contribution in [3.8, 4) is 6.07 Å². The summed E-state index contributed by atoms with van der Waals surface area (Å²) in [6, 6.07) is 19.3. The number of nitrogens with zero attached hydrogens (tertiary/aromatic N) is 1. The van der Waals surface area contributed by atoms with Crippen LogP contribution in [0.3, 0.4) is 0 Å². The standard InChI is InChI=1S/C16H16N2O/c17-10-13-6-8-14(9-7-13)11-18-16(12-19)15-4-2-1-3-5-15/h1-9,16,18-19H,11-12H2. The van der Waals surface area contributed by atoms with Crippen LogP contribution in [-0.2, 0) is 6.54 Å². The van der Waals surface area contributed by atoms with Crippen LogP contribution in [0.15, 0.2) is 54.6 Å². The lowest BCUT2D eigenvalue weighted by Crippen LogP contribution is -2.23. The van der Waals surface area contributed by atoms with E-state index in [0.717, 1.165) is 11.1 Å². The molecule has 0 aliphatic carbocycles. The SMILES string of the molecule is N#Cc1ccc(CNC(CO)c2ccccc2)cc1. The molecule has 1 atom stereocenters. The van der Waals surface area contributed by atoms with Crippen molar-refractivity contribution in [3.05, 3.63) is 71.3 Å². The van der Waals surface area contributed by atoms with Crippen molar-refractivity contribution in [3.63, 3.8) is 0 Å². The summed E-state index contributed by atoms with van der Waals surface area (Å²) in [5.41, 5.74) is 2.82. The molecule has 0 aromatic heterocycles. The third-order valence-electron chi connectivity index (χ3n) is 3.02. The van der Waals surface area contributed by atoms with Gasteiger partial charge in [-0.3, -0.25) is 0 Å². The minimum Gasteiger partial charge on any atom is -0.394 e. The highest BCUT2D eigenvalue weighted by Crippen LogP contribution is 2.13. The van der Waals surface area contributed by atoms with E-state index in [9.17, 15) is 5.11 Å². The molecule has 0 aliphatic rings. The number of nitriles is 1. The molecule has 19 heavy (non-hydrogen) atoms. The van der Waals surface area contributed by atoms with Gasteiger partial charge in [-0.2, -0.15) is 5.26 Å². The van der Waals surface area contributed by atoms with Crippen molar-refractivity contribution in [2.45, 2.75) is 12.6 Å². The summed E-state index contributed by atoms with van der Waals surface area (Å²) in [6.07, 6.45) is 0. The first kappa shape index (κ1) is 13.3. The highest BCUT2D eigenvalue weighted by Gasteiger charge is 2.08.